The van der Waals surface area contributed by atoms with Gasteiger partial charge in [0, 0.05) is 13.6 Å². The summed E-state index contributed by atoms with van der Waals surface area (Å²) in [4.78, 5) is 18.7. The molecule has 1 atom stereocenters. The molecule has 0 radical (unpaired) electrons. The van der Waals surface area contributed by atoms with Crippen LogP contribution in [0.25, 0.3) is 0 Å². The van der Waals surface area contributed by atoms with Crippen LogP contribution in [0.5, 0.6) is 0 Å². The van der Waals surface area contributed by atoms with E-state index in [9.17, 15) is 19.7 Å². The van der Waals surface area contributed by atoms with Gasteiger partial charge in [-0.2, -0.15) is 10.5 Å². The third-order valence-corrected chi connectivity index (χ3v) is 6.16. The molecular formula is C23H26FN5OS. The fourth-order valence-corrected chi connectivity index (χ4v) is 4.36. The van der Waals surface area contributed by atoms with E-state index in [1.165, 1.54) is 0 Å². The molecule has 6 nitrogen and oxygen atoms in total. The van der Waals surface area contributed by atoms with Crippen LogP contribution >= 0.6 is 11.8 Å². The summed E-state index contributed by atoms with van der Waals surface area (Å²) < 4.78 is 12.4. The van der Waals surface area contributed by atoms with Crippen LogP contribution in [-0.4, -0.2) is 31.2 Å². The van der Waals surface area contributed by atoms with Crippen molar-refractivity contribution in [3.05, 3.63) is 52.6 Å². The first-order valence-corrected chi connectivity index (χ1v) is 11.0. The Morgan fingerprint density at radius 2 is 1.87 bits per heavy atom. The number of unbranched alkanes of at least 4 members (excludes halogenated alkanes) is 2. The van der Waals surface area contributed by atoms with Gasteiger partial charge < -0.3 is 10.6 Å². The monoisotopic (exact) mass is 439 g/mol. The number of carbonyl (C=O) groups excluding carboxylic acids is 1. The molecule has 2 rings (SSSR count). The minimum atomic E-state index is -0.721. The van der Waals surface area contributed by atoms with Crippen molar-refractivity contribution in [2.45, 2.75) is 42.9 Å². The molecular weight excluding hydrogens is 413 g/mol. The van der Waals surface area contributed by atoms with Crippen molar-refractivity contribution in [3.63, 3.8) is 0 Å². The number of pyridine rings is 1. The first kappa shape index (κ1) is 24.2. The molecule has 1 aromatic heterocycles. The fourth-order valence-electron chi connectivity index (χ4n) is 3.30. The van der Waals surface area contributed by atoms with Crippen LogP contribution in [-0.2, 0) is 11.2 Å². The maximum Gasteiger partial charge on any atom is 0.235 e. The van der Waals surface area contributed by atoms with E-state index in [0.717, 1.165) is 24.6 Å². The molecule has 0 saturated carbocycles. The van der Waals surface area contributed by atoms with Crippen molar-refractivity contribution in [2.75, 3.05) is 25.2 Å². The second-order valence-electron chi connectivity index (χ2n) is 7.03. The predicted molar refractivity (Wildman–Crippen MR) is 120 cm³/mol. The Hall–Kier alpha value is -3.10. The summed E-state index contributed by atoms with van der Waals surface area (Å²) in [6, 6.07) is 13.4. The SMILES string of the molecule is CCc1c(C#N)c(SC(C(N)=O)c2ccccc2)nc(N(C)CCCCCF)c1C#N. The number of aromatic nitrogens is 1. The third kappa shape index (κ3) is 5.96. The molecule has 1 amide bonds. The highest BCUT2D eigenvalue weighted by molar-refractivity contribution is 8.00. The van der Waals surface area contributed by atoms with E-state index in [1.807, 2.05) is 37.1 Å². The summed E-state index contributed by atoms with van der Waals surface area (Å²) in [6.45, 7) is 2.12. The largest absolute Gasteiger partial charge is 0.368 e. The van der Waals surface area contributed by atoms with Crippen LogP contribution < -0.4 is 10.6 Å². The first-order chi connectivity index (χ1) is 15.0. The fraction of sp³-hybridized carbons (Fsp3) is 0.391. The second-order valence-corrected chi connectivity index (χ2v) is 8.12. The Labute approximate surface area is 186 Å². The van der Waals surface area contributed by atoms with E-state index >= 15 is 0 Å². The minimum Gasteiger partial charge on any atom is -0.368 e. The number of amides is 1. The lowest BCUT2D eigenvalue weighted by Gasteiger charge is -2.23. The number of alkyl halides is 1. The van der Waals surface area contributed by atoms with E-state index in [0.29, 0.717) is 52.5 Å². The number of carbonyl (C=O) groups is 1. The predicted octanol–water partition coefficient (Wildman–Crippen LogP) is 4.28. The number of nitrogens with two attached hydrogens (primary N) is 1. The average molecular weight is 440 g/mol. The molecule has 1 heterocycles. The summed E-state index contributed by atoms with van der Waals surface area (Å²) in [7, 11) is 1.82. The number of thioether (sulfide) groups is 1. The summed E-state index contributed by atoms with van der Waals surface area (Å²) >= 11 is 1.12. The van der Waals surface area contributed by atoms with Crippen molar-refractivity contribution in [2.24, 2.45) is 5.73 Å². The van der Waals surface area contributed by atoms with Crippen LogP contribution in [0, 0.1) is 22.7 Å². The van der Waals surface area contributed by atoms with Gasteiger partial charge in [0.25, 0.3) is 0 Å². The number of nitrogens with zero attached hydrogens (tertiary/aromatic N) is 4. The quantitative estimate of drug-likeness (QED) is 0.414. The summed E-state index contributed by atoms with van der Waals surface area (Å²) in [5.74, 6) is -0.0807. The molecule has 0 aliphatic heterocycles. The molecule has 0 bridgehead atoms. The topological polar surface area (TPSA) is 107 Å². The lowest BCUT2D eigenvalue weighted by atomic mass is 10.0. The zero-order valence-corrected chi connectivity index (χ0v) is 18.6. The van der Waals surface area contributed by atoms with Crippen LogP contribution in [0.3, 0.4) is 0 Å². The van der Waals surface area contributed by atoms with Crippen molar-refractivity contribution in [1.82, 2.24) is 4.98 Å². The van der Waals surface area contributed by atoms with Crippen molar-refractivity contribution in [1.29, 1.82) is 10.5 Å². The average Bonchev–Trinajstić information content (AvgIpc) is 2.79. The molecule has 0 saturated heterocycles. The number of anilines is 1. The molecule has 2 aromatic rings. The Balaban J connectivity index is 2.52. The summed E-state index contributed by atoms with van der Waals surface area (Å²) in [5.41, 5.74) is 7.63. The number of primary amides is 1. The van der Waals surface area contributed by atoms with Crippen molar-refractivity contribution in [3.8, 4) is 12.1 Å². The number of rotatable bonds is 11. The molecule has 0 aliphatic rings. The zero-order valence-electron chi connectivity index (χ0n) is 17.8. The molecule has 31 heavy (non-hydrogen) atoms. The molecule has 0 spiro atoms. The van der Waals surface area contributed by atoms with E-state index in [4.69, 9.17) is 5.73 Å². The van der Waals surface area contributed by atoms with E-state index in [-0.39, 0.29) is 6.67 Å². The molecule has 1 unspecified atom stereocenters. The molecule has 8 heteroatoms. The Bertz CT molecular complexity index is 984. The van der Waals surface area contributed by atoms with Gasteiger partial charge in [-0.25, -0.2) is 4.98 Å². The van der Waals surface area contributed by atoms with E-state index < -0.39 is 11.2 Å². The number of benzene rings is 1. The minimum absolute atomic E-state index is 0.292. The number of nitriles is 2. The molecule has 2 N–H and O–H groups in total. The maximum atomic E-state index is 12.4. The highest BCUT2D eigenvalue weighted by Crippen LogP contribution is 2.39. The second kappa shape index (κ2) is 11.9. The van der Waals surface area contributed by atoms with Gasteiger partial charge in [0.05, 0.1) is 17.8 Å². The number of hydrogen-bond donors (Lipinski definition) is 1. The summed E-state index contributed by atoms with van der Waals surface area (Å²) in [5, 5.41) is 19.3. The third-order valence-electron chi connectivity index (χ3n) is 4.90. The lowest BCUT2D eigenvalue weighted by Crippen LogP contribution is -2.23. The van der Waals surface area contributed by atoms with Crippen LogP contribution in [0.4, 0.5) is 10.2 Å². The molecule has 0 aliphatic carbocycles. The lowest BCUT2D eigenvalue weighted by molar-refractivity contribution is -0.117. The van der Waals surface area contributed by atoms with Gasteiger partial charge in [-0.05, 0) is 36.8 Å². The van der Waals surface area contributed by atoms with Crippen molar-refractivity contribution < 1.29 is 9.18 Å². The van der Waals surface area contributed by atoms with Gasteiger partial charge in [-0.15, -0.1) is 0 Å². The van der Waals surface area contributed by atoms with Gasteiger partial charge in [-0.3, -0.25) is 9.18 Å². The smallest absolute Gasteiger partial charge is 0.235 e. The van der Waals surface area contributed by atoms with Gasteiger partial charge in [0.15, 0.2) is 0 Å². The zero-order chi connectivity index (χ0) is 22.8. The molecule has 0 fully saturated rings. The van der Waals surface area contributed by atoms with E-state index in [1.54, 1.807) is 12.1 Å². The number of hydrogen-bond acceptors (Lipinski definition) is 6. The van der Waals surface area contributed by atoms with Gasteiger partial charge in [0.1, 0.15) is 28.2 Å². The van der Waals surface area contributed by atoms with Gasteiger partial charge >= 0.3 is 0 Å². The highest BCUT2D eigenvalue weighted by atomic mass is 32.2. The van der Waals surface area contributed by atoms with Crippen molar-refractivity contribution >= 4 is 23.5 Å². The molecule has 162 valence electrons. The Morgan fingerprint density at radius 1 is 1.19 bits per heavy atom. The normalized spacial score (nSPS) is 11.4. The summed E-state index contributed by atoms with van der Waals surface area (Å²) in [6.07, 6.45) is 2.46. The van der Waals surface area contributed by atoms with Crippen LogP contribution in [0.15, 0.2) is 35.4 Å². The maximum absolute atomic E-state index is 12.4. The van der Waals surface area contributed by atoms with Gasteiger partial charge in [-0.1, -0.05) is 49.0 Å². The standard InChI is InChI=1S/C23H26FN5OS/c1-3-17-18(14-25)22(29(2)13-9-5-8-12-24)28-23(19(17)15-26)31-20(21(27)30)16-10-6-4-7-11-16/h4,6-7,10-11,20H,3,5,8-9,12-13H2,1-2H3,(H2,27,30). The van der Waals surface area contributed by atoms with Crippen LogP contribution in [0.1, 0.15) is 53.7 Å². The Morgan fingerprint density at radius 3 is 2.42 bits per heavy atom. The molecule has 1 aromatic carbocycles. The van der Waals surface area contributed by atoms with Crippen LogP contribution in [0.2, 0.25) is 0 Å². The number of halogens is 1. The Kier molecular flexibility index (Phi) is 9.30. The first-order valence-electron chi connectivity index (χ1n) is 10.1. The van der Waals surface area contributed by atoms with E-state index in [2.05, 4.69) is 17.1 Å². The van der Waals surface area contributed by atoms with Gasteiger partial charge in [0.2, 0.25) is 5.91 Å². The highest BCUT2D eigenvalue weighted by Gasteiger charge is 2.26.